The van der Waals surface area contributed by atoms with Crippen LogP contribution in [0.3, 0.4) is 0 Å². The highest BCUT2D eigenvalue weighted by Crippen LogP contribution is 2.34. The number of phenolic OH excluding ortho intramolecular Hbond substituents is 1. The molecule has 4 heterocycles. The molecule has 2 fully saturated rings. The summed E-state index contributed by atoms with van der Waals surface area (Å²) in [4.78, 5) is 6.19. The van der Waals surface area contributed by atoms with Gasteiger partial charge in [-0.1, -0.05) is 6.07 Å². The zero-order valence-electron chi connectivity index (χ0n) is 16.9. The van der Waals surface area contributed by atoms with E-state index in [0.717, 1.165) is 30.4 Å². The number of halogens is 1. The summed E-state index contributed by atoms with van der Waals surface area (Å²) in [6.45, 7) is 0. The molecule has 2 bridgehead atoms. The van der Waals surface area contributed by atoms with Crippen molar-refractivity contribution in [1.82, 2.24) is 30.3 Å². The van der Waals surface area contributed by atoms with E-state index in [9.17, 15) is 9.50 Å². The summed E-state index contributed by atoms with van der Waals surface area (Å²) in [7, 11) is 3.66. The normalized spacial score (nSPS) is 25.4. The molecule has 0 saturated carbocycles. The van der Waals surface area contributed by atoms with Gasteiger partial charge < -0.3 is 15.3 Å². The summed E-state index contributed by atoms with van der Waals surface area (Å²) < 4.78 is 16.5. The lowest BCUT2D eigenvalue weighted by molar-refractivity contribution is 0.175. The van der Waals surface area contributed by atoms with Crippen molar-refractivity contribution in [1.29, 1.82) is 0 Å². The van der Waals surface area contributed by atoms with Crippen LogP contribution in [0.15, 0.2) is 36.8 Å². The van der Waals surface area contributed by atoms with Crippen LogP contribution in [0, 0.1) is 0 Å². The lowest BCUT2D eigenvalue weighted by atomic mass is 9.97. The summed E-state index contributed by atoms with van der Waals surface area (Å²) in [6.07, 6.45) is 6.86. The van der Waals surface area contributed by atoms with Crippen LogP contribution in [0.2, 0.25) is 0 Å². The molecule has 0 aliphatic carbocycles. The first-order valence-corrected chi connectivity index (χ1v) is 10.1. The zero-order valence-corrected chi connectivity index (χ0v) is 16.9. The van der Waals surface area contributed by atoms with E-state index in [1.807, 2.05) is 26.4 Å². The van der Waals surface area contributed by atoms with E-state index in [1.54, 1.807) is 34.1 Å². The van der Waals surface area contributed by atoms with E-state index in [1.165, 1.54) is 0 Å². The van der Waals surface area contributed by atoms with Gasteiger partial charge in [-0.25, -0.2) is 9.37 Å². The average Bonchev–Trinajstić information content (AvgIpc) is 3.37. The summed E-state index contributed by atoms with van der Waals surface area (Å²) in [6, 6.07) is 5.37. The molecule has 3 aromatic rings. The molecule has 5 rings (SSSR count). The molecule has 0 spiro atoms. The molecule has 2 N–H and O–H groups in total. The van der Waals surface area contributed by atoms with Crippen molar-refractivity contribution in [2.75, 3.05) is 11.9 Å². The number of aromatic hydroxyl groups is 1. The highest BCUT2D eigenvalue weighted by atomic mass is 19.1. The first-order valence-electron chi connectivity index (χ1n) is 10.1. The molecule has 2 aliphatic heterocycles. The third kappa shape index (κ3) is 3.28. The Morgan fingerprint density at radius 2 is 2.07 bits per heavy atom. The number of phenols is 1. The summed E-state index contributed by atoms with van der Waals surface area (Å²) >= 11 is 0. The number of aromatic nitrogens is 5. The van der Waals surface area contributed by atoms with E-state index in [-0.39, 0.29) is 17.8 Å². The van der Waals surface area contributed by atoms with Crippen LogP contribution in [-0.4, -0.2) is 61.4 Å². The Morgan fingerprint density at radius 3 is 2.77 bits per heavy atom. The van der Waals surface area contributed by atoms with Gasteiger partial charge in [-0.2, -0.15) is 5.10 Å². The SMILES string of the molecule is CN(c1ncc(-c2ccc(-c3cnn(C)c3)cc2O)nn1)[C@H]1C[C@H]2CC[C@@H](N2)[C@H]1F. The van der Waals surface area contributed by atoms with Crippen LogP contribution in [0.4, 0.5) is 10.3 Å². The molecule has 2 aromatic heterocycles. The number of aryl methyl sites for hydroxylation is 1. The van der Waals surface area contributed by atoms with Crippen LogP contribution in [0.5, 0.6) is 5.75 Å². The van der Waals surface area contributed by atoms with Crippen LogP contribution < -0.4 is 10.2 Å². The van der Waals surface area contributed by atoms with Crippen molar-refractivity contribution in [2.24, 2.45) is 7.05 Å². The molecule has 9 heteroatoms. The van der Waals surface area contributed by atoms with Crippen LogP contribution in [0.1, 0.15) is 19.3 Å². The molecular formula is C21H24FN7O. The molecule has 4 atom stereocenters. The number of alkyl halides is 1. The van der Waals surface area contributed by atoms with Crippen molar-refractivity contribution in [3.63, 3.8) is 0 Å². The van der Waals surface area contributed by atoms with Gasteiger partial charge in [0.15, 0.2) is 0 Å². The highest BCUT2D eigenvalue weighted by Gasteiger charge is 2.44. The van der Waals surface area contributed by atoms with Crippen LogP contribution in [-0.2, 0) is 7.05 Å². The van der Waals surface area contributed by atoms with Crippen molar-refractivity contribution in [3.05, 3.63) is 36.8 Å². The molecule has 0 radical (unpaired) electrons. The minimum absolute atomic E-state index is 0.0845. The maximum atomic E-state index is 14.8. The summed E-state index contributed by atoms with van der Waals surface area (Å²) in [5.41, 5.74) is 2.78. The number of anilines is 1. The predicted octanol–water partition coefficient (Wildman–Crippen LogP) is 2.31. The number of nitrogens with one attached hydrogen (secondary N) is 1. The fourth-order valence-corrected chi connectivity index (χ4v) is 4.55. The molecule has 8 nitrogen and oxygen atoms in total. The number of hydrogen-bond acceptors (Lipinski definition) is 7. The topological polar surface area (TPSA) is 92.0 Å². The van der Waals surface area contributed by atoms with Gasteiger partial charge in [-0.3, -0.25) is 4.68 Å². The van der Waals surface area contributed by atoms with E-state index in [0.29, 0.717) is 23.2 Å². The third-order valence-electron chi connectivity index (χ3n) is 6.23. The first kappa shape index (κ1) is 18.9. The summed E-state index contributed by atoms with van der Waals surface area (Å²) in [5, 5.41) is 26.5. The second-order valence-corrected chi connectivity index (χ2v) is 8.18. The number of fused-ring (bicyclic) bond motifs is 2. The highest BCUT2D eigenvalue weighted by molar-refractivity contribution is 5.73. The molecule has 1 aromatic carbocycles. The van der Waals surface area contributed by atoms with Gasteiger partial charge in [0.25, 0.3) is 0 Å². The van der Waals surface area contributed by atoms with E-state index < -0.39 is 6.17 Å². The largest absolute Gasteiger partial charge is 0.507 e. The molecule has 2 saturated heterocycles. The van der Waals surface area contributed by atoms with Crippen LogP contribution in [0.25, 0.3) is 22.4 Å². The smallest absolute Gasteiger partial charge is 0.245 e. The Morgan fingerprint density at radius 1 is 1.20 bits per heavy atom. The maximum absolute atomic E-state index is 14.8. The van der Waals surface area contributed by atoms with Gasteiger partial charge in [0.1, 0.15) is 17.6 Å². The van der Waals surface area contributed by atoms with Crippen molar-refractivity contribution in [3.8, 4) is 28.1 Å². The molecule has 30 heavy (non-hydrogen) atoms. The fourth-order valence-electron chi connectivity index (χ4n) is 4.55. The lowest BCUT2D eigenvalue weighted by Crippen LogP contribution is -2.55. The fraction of sp³-hybridized carbons (Fsp3) is 0.429. The number of hydrogen-bond donors (Lipinski definition) is 2. The van der Waals surface area contributed by atoms with Crippen molar-refractivity contribution >= 4 is 5.95 Å². The van der Waals surface area contributed by atoms with Gasteiger partial charge in [0.05, 0.1) is 18.4 Å². The van der Waals surface area contributed by atoms with Gasteiger partial charge in [0.2, 0.25) is 5.95 Å². The molecule has 0 unspecified atom stereocenters. The Balaban J connectivity index is 1.36. The Labute approximate surface area is 173 Å². The number of rotatable bonds is 4. The number of piperidine rings is 1. The van der Waals surface area contributed by atoms with Gasteiger partial charge in [-0.05, 0) is 37.0 Å². The van der Waals surface area contributed by atoms with Crippen molar-refractivity contribution < 1.29 is 9.50 Å². The van der Waals surface area contributed by atoms with Crippen LogP contribution >= 0.6 is 0 Å². The van der Waals surface area contributed by atoms with E-state index in [2.05, 4.69) is 25.6 Å². The molecule has 2 aliphatic rings. The van der Waals surface area contributed by atoms with Crippen molar-refractivity contribution in [2.45, 2.75) is 43.6 Å². The minimum atomic E-state index is -0.957. The minimum Gasteiger partial charge on any atom is -0.507 e. The maximum Gasteiger partial charge on any atom is 0.245 e. The third-order valence-corrected chi connectivity index (χ3v) is 6.23. The second kappa shape index (κ2) is 7.32. The number of nitrogens with zero attached hydrogens (tertiary/aromatic N) is 6. The monoisotopic (exact) mass is 409 g/mol. The zero-order chi connectivity index (χ0) is 20.8. The Kier molecular flexibility index (Phi) is 4.62. The standard InChI is InChI=1S/C21H24FN7O/c1-28-11-13(9-24-28)12-3-5-15(19(30)7-12)17-10-23-21(27-26-17)29(2)18-8-14-4-6-16(25-14)20(18)22/h3,5,7,9-11,14,16,18,20,25,30H,4,6,8H2,1-2H3/t14-,16-,18+,20-/m1/s1. The number of benzene rings is 1. The van der Waals surface area contributed by atoms with E-state index in [4.69, 9.17) is 0 Å². The average molecular weight is 409 g/mol. The van der Waals surface area contributed by atoms with Gasteiger partial charge in [0, 0.05) is 43.5 Å². The van der Waals surface area contributed by atoms with Gasteiger partial charge in [-0.15, -0.1) is 10.2 Å². The molecule has 0 amide bonds. The van der Waals surface area contributed by atoms with E-state index >= 15 is 0 Å². The molecule has 156 valence electrons. The Bertz CT molecular complexity index is 1050. The predicted molar refractivity (Wildman–Crippen MR) is 111 cm³/mol. The van der Waals surface area contributed by atoms with Gasteiger partial charge >= 0.3 is 0 Å². The second-order valence-electron chi connectivity index (χ2n) is 8.18. The lowest BCUT2D eigenvalue weighted by Gasteiger charge is -2.38. The Hall–Kier alpha value is -3.07. The quantitative estimate of drug-likeness (QED) is 0.683. The summed E-state index contributed by atoms with van der Waals surface area (Å²) in [5.74, 6) is 0.478. The molecular weight excluding hydrogens is 385 g/mol. The first-order chi connectivity index (χ1) is 14.5.